The van der Waals surface area contributed by atoms with Gasteiger partial charge in [-0.15, -0.1) is 22.7 Å². The van der Waals surface area contributed by atoms with Crippen LogP contribution in [0, 0.1) is 0 Å². The lowest BCUT2D eigenvalue weighted by Crippen LogP contribution is -2.24. The van der Waals surface area contributed by atoms with Gasteiger partial charge in [-0.2, -0.15) is 0 Å². The van der Waals surface area contributed by atoms with Crippen LogP contribution in [0.2, 0.25) is 0 Å². The summed E-state index contributed by atoms with van der Waals surface area (Å²) in [6.45, 7) is 3.20. The first-order valence-corrected chi connectivity index (χ1v) is 7.22. The molecular formula is C11H15N3S2. The number of hydrogen-bond donors (Lipinski definition) is 1. The minimum atomic E-state index is 0.303. The fourth-order valence-corrected chi connectivity index (χ4v) is 2.79. The molecule has 0 aliphatic rings. The third-order valence-electron chi connectivity index (χ3n) is 2.31. The van der Waals surface area contributed by atoms with E-state index in [-0.39, 0.29) is 0 Å². The van der Waals surface area contributed by atoms with E-state index in [9.17, 15) is 0 Å². The van der Waals surface area contributed by atoms with Crippen molar-refractivity contribution in [2.24, 2.45) is 0 Å². The second-order valence-corrected chi connectivity index (χ2v) is 5.25. The summed E-state index contributed by atoms with van der Waals surface area (Å²) in [5.74, 6) is 0. The van der Waals surface area contributed by atoms with E-state index in [1.165, 1.54) is 5.01 Å². The molecule has 0 aromatic carbocycles. The van der Waals surface area contributed by atoms with Crippen molar-refractivity contribution in [3.63, 3.8) is 0 Å². The first-order valence-electron chi connectivity index (χ1n) is 5.40. The molecule has 0 fully saturated rings. The summed E-state index contributed by atoms with van der Waals surface area (Å²) in [4.78, 5) is 8.71. The minimum Gasteiger partial charge on any atom is -0.308 e. The van der Waals surface area contributed by atoms with Crippen molar-refractivity contribution in [3.8, 4) is 0 Å². The van der Waals surface area contributed by atoms with Gasteiger partial charge in [0.05, 0.1) is 22.3 Å². The molecule has 0 amide bonds. The van der Waals surface area contributed by atoms with Gasteiger partial charge in [0.2, 0.25) is 0 Å². The van der Waals surface area contributed by atoms with E-state index < -0.39 is 0 Å². The highest BCUT2D eigenvalue weighted by Crippen LogP contribution is 2.19. The van der Waals surface area contributed by atoms with Crippen LogP contribution in [0.15, 0.2) is 22.5 Å². The molecule has 0 saturated carbocycles. The zero-order valence-corrected chi connectivity index (χ0v) is 10.9. The second-order valence-electron chi connectivity index (χ2n) is 3.55. The van der Waals surface area contributed by atoms with Crippen molar-refractivity contribution in [2.45, 2.75) is 25.8 Å². The number of rotatable bonds is 6. The molecule has 2 aromatic heterocycles. The zero-order valence-electron chi connectivity index (χ0n) is 9.22. The first kappa shape index (κ1) is 11.7. The Bertz CT molecular complexity index is 383. The van der Waals surface area contributed by atoms with Crippen molar-refractivity contribution in [1.82, 2.24) is 15.3 Å². The van der Waals surface area contributed by atoms with Crippen molar-refractivity contribution in [2.75, 3.05) is 6.54 Å². The molecule has 0 aliphatic carbocycles. The van der Waals surface area contributed by atoms with E-state index in [2.05, 4.69) is 27.6 Å². The van der Waals surface area contributed by atoms with Crippen LogP contribution in [0.1, 0.15) is 30.1 Å². The summed E-state index contributed by atoms with van der Waals surface area (Å²) in [6.07, 6.45) is 3.93. The molecule has 0 radical (unpaired) electrons. The molecule has 0 spiro atoms. The van der Waals surface area contributed by atoms with Crippen LogP contribution < -0.4 is 5.32 Å². The smallest absolute Gasteiger partial charge is 0.0944 e. The van der Waals surface area contributed by atoms with E-state index in [4.69, 9.17) is 0 Å². The molecule has 2 rings (SSSR count). The average Bonchev–Trinajstić information content (AvgIpc) is 2.96. The van der Waals surface area contributed by atoms with Gasteiger partial charge in [0.15, 0.2) is 0 Å². The van der Waals surface area contributed by atoms with Crippen LogP contribution in [0.4, 0.5) is 0 Å². The summed E-state index contributed by atoms with van der Waals surface area (Å²) < 4.78 is 0. The topological polar surface area (TPSA) is 37.8 Å². The van der Waals surface area contributed by atoms with Gasteiger partial charge in [-0.25, -0.2) is 9.97 Å². The Hall–Kier alpha value is -0.780. The lowest BCUT2D eigenvalue weighted by molar-refractivity contribution is 0.519. The maximum absolute atomic E-state index is 4.38. The second kappa shape index (κ2) is 6.08. The van der Waals surface area contributed by atoms with Crippen LogP contribution in [-0.2, 0) is 6.42 Å². The van der Waals surface area contributed by atoms with Gasteiger partial charge < -0.3 is 5.32 Å². The highest BCUT2D eigenvalue weighted by molar-refractivity contribution is 7.09. The quantitative estimate of drug-likeness (QED) is 0.860. The van der Waals surface area contributed by atoms with Crippen molar-refractivity contribution < 1.29 is 0 Å². The summed E-state index contributed by atoms with van der Waals surface area (Å²) in [7, 11) is 0. The van der Waals surface area contributed by atoms with Crippen LogP contribution in [-0.4, -0.2) is 16.5 Å². The van der Waals surface area contributed by atoms with Gasteiger partial charge >= 0.3 is 0 Å². The Morgan fingerprint density at radius 3 is 3.00 bits per heavy atom. The highest BCUT2D eigenvalue weighted by Gasteiger charge is 2.14. The molecule has 0 bridgehead atoms. The largest absolute Gasteiger partial charge is 0.308 e. The van der Waals surface area contributed by atoms with E-state index in [1.54, 1.807) is 22.7 Å². The van der Waals surface area contributed by atoms with Crippen molar-refractivity contribution in [1.29, 1.82) is 0 Å². The van der Waals surface area contributed by atoms with Gasteiger partial charge in [-0.3, -0.25) is 0 Å². The number of nitrogens with one attached hydrogen (secondary N) is 1. The molecule has 1 unspecified atom stereocenters. The highest BCUT2D eigenvalue weighted by atomic mass is 32.1. The van der Waals surface area contributed by atoms with E-state index in [0.29, 0.717) is 6.04 Å². The molecule has 86 valence electrons. The van der Waals surface area contributed by atoms with Gasteiger partial charge in [0, 0.05) is 23.4 Å². The summed E-state index contributed by atoms with van der Waals surface area (Å²) >= 11 is 3.35. The molecule has 16 heavy (non-hydrogen) atoms. The third-order valence-corrected chi connectivity index (χ3v) is 3.72. The molecule has 0 saturated heterocycles. The standard InChI is InChI=1S/C11H15N3S2/c1-2-3-12-9(10-7-15-8-14-10)6-11-13-4-5-16-11/h4-5,7-9,12H,2-3,6H2,1H3. The van der Waals surface area contributed by atoms with E-state index in [1.807, 2.05) is 17.1 Å². The van der Waals surface area contributed by atoms with Crippen LogP contribution >= 0.6 is 22.7 Å². The molecular weight excluding hydrogens is 238 g/mol. The number of aromatic nitrogens is 2. The van der Waals surface area contributed by atoms with Crippen molar-refractivity contribution in [3.05, 3.63) is 33.2 Å². The van der Waals surface area contributed by atoms with E-state index in [0.717, 1.165) is 25.1 Å². The third kappa shape index (κ3) is 3.10. The number of hydrogen-bond acceptors (Lipinski definition) is 5. The summed E-state index contributed by atoms with van der Waals surface area (Å²) in [6, 6.07) is 0.303. The predicted octanol–water partition coefficient (Wildman–Crippen LogP) is 2.88. The van der Waals surface area contributed by atoms with Gasteiger partial charge in [-0.1, -0.05) is 6.92 Å². The average molecular weight is 253 g/mol. The van der Waals surface area contributed by atoms with Gasteiger partial charge in [0.1, 0.15) is 0 Å². The van der Waals surface area contributed by atoms with Gasteiger partial charge in [0.25, 0.3) is 0 Å². The lowest BCUT2D eigenvalue weighted by atomic mass is 10.1. The molecule has 2 aromatic rings. The fraction of sp³-hybridized carbons (Fsp3) is 0.455. The first-order chi connectivity index (χ1) is 7.90. The maximum Gasteiger partial charge on any atom is 0.0944 e. The molecule has 1 atom stereocenters. The Kier molecular flexibility index (Phi) is 4.44. The molecule has 1 N–H and O–H groups in total. The lowest BCUT2D eigenvalue weighted by Gasteiger charge is -2.14. The van der Waals surface area contributed by atoms with Crippen LogP contribution in [0.3, 0.4) is 0 Å². The Labute approximate surface area is 104 Å². The SMILES string of the molecule is CCCNC(Cc1nccs1)c1cscn1. The predicted molar refractivity (Wildman–Crippen MR) is 69.0 cm³/mol. The van der Waals surface area contributed by atoms with Gasteiger partial charge in [-0.05, 0) is 13.0 Å². The molecule has 2 heterocycles. The summed E-state index contributed by atoms with van der Waals surface area (Å²) in [5, 5.41) is 8.82. The number of nitrogens with zero attached hydrogens (tertiary/aromatic N) is 2. The summed E-state index contributed by atoms with van der Waals surface area (Å²) in [5.41, 5.74) is 3.02. The zero-order chi connectivity index (χ0) is 11.2. The monoisotopic (exact) mass is 253 g/mol. The molecule has 3 nitrogen and oxygen atoms in total. The van der Waals surface area contributed by atoms with Crippen LogP contribution in [0.25, 0.3) is 0 Å². The normalized spacial score (nSPS) is 12.8. The van der Waals surface area contributed by atoms with E-state index >= 15 is 0 Å². The number of thiazole rings is 2. The minimum absolute atomic E-state index is 0.303. The fourth-order valence-electron chi connectivity index (χ4n) is 1.52. The Morgan fingerprint density at radius 1 is 1.44 bits per heavy atom. The Morgan fingerprint density at radius 2 is 2.38 bits per heavy atom. The Balaban J connectivity index is 2.03. The maximum atomic E-state index is 4.38. The van der Waals surface area contributed by atoms with Crippen LogP contribution in [0.5, 0.6) is 0 Å². The van der Waals surface area contributed by atoms with Crippen molar-refractivity contribution >= 4 is 22.7 Å². The molecule has 0 aliphatic heterocycles. The molecule has 5 heteroatoms.